The van der Waals surface area contributed by atoms with Crippen molar-refractivity contribution in [2.24, 2.45) is 0 Å². The molecule has 0 spiro atoms. The van der Waals surface area contributed by atoms with Gasteiger partial charge in [-0.05, 0) is 60.8 Å². The fourth-order valence-corrected chi connectivity index (χ4v) is 6.12. The summed E-state index contributed by atoms with van der Waals surface area (Å²) >= 11 is 0. The molecule has 2 aromatic rings. The minimum atomic E-state index is -3.11. The van der Waals surface area contributed by atoms with E-state index in [1.54, 1.807) is 0 Å². The maximum atomic E-state index is 12.7. The number of unbranched alkanes of at least 4 members (excludes halogenated alkanes) is 10. The molecule has 0 aliphatic heterocycles. The number of hydrogen-bond donors (Lipinski definition) is 1. The van der Waals surface area contributed by atoms with Gasteiger partial charge in [-0.1, -0.05) is 127 Å². The van der Waals surface area contributed by atoms with Crippen molar-refractivity contribution in [3.63, 3.8) is 0 Å². The zero-order chi connectivity index (χ0) is 25.2. The van der Waals surface area contributed by atoms with Gasteiger partial charge >= 0.3 is 0 Å². The van der Waals surface area contributed by atoms with Gasteiger partial charge in [-0.3, -0.25) is 4.57 Å². The highest BCUT2D eigenvalue weighted by molar-refractivity contribution is 7.57. The van der Waals surface area contributed by atoms with Gasteiger partial charge < -0.3 is 4.89 Å². The van der Waals surface area contributed by atoms with Crippen LogP contribution in [0.25, 0.3) is 0 Å². The Morgan fingerprint density at radius 2 is 0.771 bits per heavy atom. The minimum Gasteiger partial charge on any atom is -0.344 e. The average molecular weight is 499 g/mol. The lowest BCUT2D eigenvalue weighted by Crippen LogP contribution is -2.01. The van der Waals surface area contributed by atoms with Crippen molar-refractivity contribution in [3.8, 4) is 0 Å². The predicted molar refractivity (Wildman–Crippen MR) is 154 cm³/mol. The molecule has 1 N–H and O–H groups in total. The topological polar surface area (TPSA) is 37.3 Å². The van der Waals surface area contributed by atoms with Gasteiger partial charge in [0, 0.05) is 12.3 Å². The van der Waals surface area contributed by atoms with Crippen molar-refractivity contribution < 1.29 is 9.46 Å². The molecule has 0 amide bonds. The number of aryl methyl sites for hydroxylation is 4. The second kappa shape index (κ2) is 18.0. The molecule has 0 aliphatic carbocycles. The van der Waals surface area contributed by atoms with Crippen molar-refractivity contribution >= 4 is 7.37 Å². The van der Waals surface area contributed by atoms with Crippen molar-refractivity contribution in [1.29, 1.82) is 0 Å². The minimum absolute atomic E-state index is 0.375. The highest BCUT2D eigenvalue weighted by Crippen LogP contribution is 2.41. The van der Waals surface area contributed by atoms with E-state index in [0.29, 0.717) is 25.2 Å². The van der Waals surface area contributed by atoms with Crippen LogP contribution in [0, 0.1) is 0 Å². The molecule has 0 heterocycles. The van der Waals surface area contributed by atoms with Crippen LogP contribution in [0.4, 0.5) is 0 Å². The standard InChI is InChI=1S/C32H51O2P/c1-3-5-7-9-11-13-15-29-17-21-31(22-18-29)25-27-35(33,34)28-26-32-23-19-30(20-24-32)16-14-12-10-8-6-4-2/h17-24H,3-16,25-28H2,1-2H3,(H,33,34). The van der Waals surface area contributed by atoms with Gasteiger partial charge in [0.25, 0.3) is 0 Å². The Hall–Kier alpha value is -1.37. The Morgan fingerprint density at radius 3 is 1.11 bits per heavy atom. The quantitative estimate of drug-likeness (QED) is 0.146. The summed E-state index contributed by atoms with van der Waals surface area (Å²) in [6, 6.07) is 17.4. The van der Waals surface area contributed by atoms with Crippen molar-refractivity contribution in [1.82, 2.24) is 0 Å². The van der Waals surface area contributed by atoms with E-state index in [9.17, 15) is 9.46 Å². The van der Waals surface area contributed by atoms with Crippen LogP contribution in [-0.4, -0.2) is 17.2 Å². The summed E-state index contributed by atoms with van der Waals surface area (Å²) in [6.45, 7) is 4.51. The van der Waals surface area contributed by atoms with Gasteiger partial charge in [0.05, 0.1) is 0 Å². The monoisotopic (exact) mass is 498 g/mol. The first-order chi connectivity index (χ1) is 17.0. The molecule has 2 aromatic carbocycles. The molecule has 0 saturated heterocycles. The second-order valence-corrected chi connectivity index (χ2v) is 13.0. The summed E-state index contributed by atoms with van der Waals surface area (Å²) in [5.74, 6) is 0. The summed E-state index contributed by atoms with van der Waals surface area (Å²) in [6.07, 6.45) is 20.3. The summed E-state index contributed by atoms with van der Waals surface area (Å²) in [5.41, 5.74) is 5.11. The van der Waals surface area contributed by atoms with Crippen LogP contribution in [-0.2, 0) is 30.2 Å². The molecule has 196 valence electrons. The molecule has 3 heteroatoms. The summed E-state index contributed by atoms with van der Waals surface area (Å²) in [4.78, 5) is 10.5. The number of hydrogen-bond acceptors (Lipinski definition) is 1. The number of benzene rings is 2. The van der Waals surface area contributed by atoms with Gasteiger partial charge in [-0.25, -0.2) is 0 Å². The highest BCUT2D eigenvalue weighted by atomic mass is 31.2. The molecule has 2 nitrogen and oxygen atoms in total. The van der Waals surface area contributed by atoms with Gasteiger partial charge in [-0.2, -0.15) is 0 Å². The van der Waals surface area contributed by atoms with Crippen LogP contribution in [0.15, 0.2) is 48.5 Å². The van der Waals surface area contributed by atoms with Gasteiger partial charge in [0.1, 0.15) is 0 Å². The molecular weight excluding hydrogens is 447 g/mol. The van der Waals surface area contributed by atoms with Gasteiger partial charge in [-0.15, -0.1) is 0 Å². The molecule has 35 heavy (non-hydrogen) atoms. The summed E-state index contributed by atoms with van der Waals surface area (Å²) in [5, 5.41) is 0. The van der Waals surface area contributed by atoms with Crippen LogP contribution in [0.1, 0.15) is 113 Å². The lowest BCUT2D eigenvalue weighted by Gasteiger charge is -2.12. The Kier molecular flexibility index (Phi) is 15.3. The molecule has 0 aromatic heterocycles. The van der Waals surface area contributed by atoms with Crippen LogP contribution >= 0.6 is 7.37 Å². The SMILES string of the molecule is CCCCCCCCc1ccc(CCP(=O)(O)CCc2ccc(CCCCCCCC)cc2)cc1. The maximum absolute atomic E-state index is 12.7. The first-order valence-corrected chi connectivity index (χ1v) is 16.5. The molecule has 0 saturated carbocycles. The second-order valence-electron chi connectivity index (χ2n) is 10.5. The van der Waals surface area contributed by atoms with E-state index in [4.69, 9.17) is 0 Å². The fourth-order valence-electron chi connectivity index (χ4n) is 4.68. The lowest BCUT2D eigenvalue weighted by molar-refractivity contribution is 0.477. The van der Waals surface area contributed by atoms with E-state index < -0.39 is 7.37 Å². The summed E-state index contributed by atoms with van der Waals surface area (Å²) in [7, 11) is -3.11. The third-order valence-corrected chi connectivity index (χ3v) is 9.03. The molecule has 0 atom stereocenters. The van der Waals surface area contributed by atoms with E-state index in [0.717, 1.165) is 12.8 Å². The zero-order valence-electron chi connectivity index (χ0n) is 22.6. The van der Waals surface area contributed by atoms with Crippen LogP contribution < -0.4 is 0 Å². The van der Waals surface area contributed by atoms with E-state index >= 15 is 0 Å². The Morgan fingerprint density at radius 1 is 0.486 bits per heavy atom. The highest BCUT2D eigenvalue weighted by Gasteiger charge is 2.18. The lowest BCUT2D eigenvalue weighted by atomic mass is 10.0. The molecular formula is C32H51O2P. The Bertz CT molecular complexity index is 758. The third-order valence-electron chi connectivity index (χ3n) is 7.18. The molecule has 0 bridgehead atoms. The number of rotatable bonds is 20. The summed E-state index contributed by atoms with van der Waals surface area (Å²) < 4.78 is 12.7. The van der Waals surface area contributed by atoms with Gasteiger partial charge in [0.15, 0.2) is 0 Å². The van der Waals surface area contributed by atoms with Crippen molar-refractivity contribution in [3.05, 3.63) is 70.8 Å². The Labute approximate surface area is 216 Å². The molecule has 0 radical (unpaired) electrons. The maximum Gasteiger partial charge on any atom is 0.201 e. The fraction of sp³-hybridized carbons (Fsp3) is 0.625. The largest absolute Gasteiger partial charge is 0.344 e. The molecule has 2 rings (SSSR count). The van der Waals surface area contributed by atoms with E-state index in [-0.39, 0.29) is 0 Å². The molecule has 0 fully saturated rings. The normalized spacial score (nSPS) is 11.7. The predicted octanol–water partition coefficient (Wildman–Crippen LogP) is 9.55. The smallest absolute Gasteiger partial charge is 0.201 e. The average Bonchev–Trinajstić information content (AvgIpc) is 2.87. The van der Waals surface area contributed by atoms with Gasteiger partial charge in [0.2, 0.25) is 7.37 Å². The van der Waals surface area contributed by atoms with Crippen molar-refractivity contribution in [2.45, 2.75) is 117 Å². The first kappa shape index (κ1) is 29.9. The van der Waals surface area contributed by atoms with E-state index in [2.05, 4.69) is 62.4 Å². The van der Waals surface area contributed by atoms with Crippen LogP contribution in [0.5, 0.6) is 0 Å². The molecule has 0 aliphatic rings. The Balaban J connectivity index is 1.64. The van der Waals surface area contributed by atoms with Crippen LogP contribution in [0.2, 0.25) is 0 Å². The van der Waals surface area contributed by atoms with Crippen LogP contribution in [0.3, 0.4) is 0 Å². The van der Waals surface area contributed by atoms with E-state index in [1.807, 2.05) is 0 Å². The van der Waals surface area contributed by atoms with E-state index in [1.165, 1.54) is 99.3 Å². The third kappa shape index (κ3) is 14.1. The molecule has 0 unspecified atom stereocenters. The van der Waals surface area contributed by atoms with Crippen molar-refractivity contribution in [2.75, 3.05) is 12.3 Å². The zero-order valence-corrected chi connectivity index (χ0v) is 23.5. The first-order valence-electron chi connectivity index (χ1n) is 14.5.